The summed E-state index contributed by atoms with van der Waals surface area (Å²) >= 11 is 0. The lowest BCUT2D eigenvalue weighted by molar-refractivity contribution is -0.121. The minimum Gasteiger partial charge on any atom is -0.497 e. The van der Waals surface area contributed by atoms with Crippen LogP contribution < -0.4 is 10.1 Å². The number of benzene rings is 2. The Morgan fingerprint density at radius 3 is 2.59 bits per heavy atom. The Morgan fingerprint density at radius 1 is 1.07 bits per heavy atom. The Kier molecular flexibility index (Phi) is 6.20. The highest BCUT2D eigenvalue weighted by atomic mass is 16.5. The summed E-state index contributed by atoms with van der Waals surface area (Å²) in [5, 5.41) is 11.0. The number of methoxy groups -OCH3 is 1. The molecule has 0 aliphatic rings. The van der Waals surface area contributed by atoms with Crippen molar-refractivity contribution in [1.29, 1.82) is 0 Å². The largest absolute Gasteiger partial charge is 0.497 e. The molecule has 0 aliphatic carbocycles. The molecule has 0 aliphatic heterocycles. The first-order valence-electron chi connectivity index (χ1n) is 8.93. The van der Waals surface area contributed by atoms with Crippen LogP contribution >= 0.6 is 0 Å². The number of hydrogen-bond donors (Lipinski definition) is 1. The van der Waals surface area contributed by atoms with Crippen LogP contribution in [0, 0.1) is 6.92 Å². The molecule has 6 heteroatoms. The lowest BCUT2D eigenvalue weighted by atomic mass is 10.1. The second-order valence-corrected chi connectivity index (χ2v) is 6.26. The highest BCUT2D eigenvalue weighted by Crippen LogP contribution is 2.21. The van der Waals surface area contributed by atoms with E-state index >= 15 is 0 Å². The van der Waals surface area contributed by atoms with Crippen molar-refractivity contribution in [2.75, 3.05) is 13.7 Å². The van der Waals surface area contributed by atoms with Gasteiger partial charge in [0, 0.05) is 24.9 Å². The number of nitrogens with one attached hydrogen (secondary N) is 1. The Labute approximate surface area is 158 Å². The first-order valence-corrected chi connectivity index (χ1v) is 8.93. The molecular weight excluding hydrogens is 342 g/mol. The van der Waals surface area contributed by atoms with E-state index in [2.05, 4.69) is 15.5 Å². The summed E-state index contributed by atoms with van der Waals surface area (Å²) in [6.07, 6.45) is 1.51. The maximum absolute atomic E-state index is 12.0. The fourth-order valence-corrected chi connectivity index (χ4v) is 2.72. The first kappa shape index (κ1) is 18.6. The number of hydrogen-bond acceptors (Lipinski definition) is 5. The number of carbonyl (C=O) groups is 1. The van der Waals surface area contributed by atoms with Crippen molar-refractivity contribution in [3.8, 4) is 17.2 Å². The molecule has 0 bridgehead atoms. The van der Waals surface area contributed by atoms with E-state index in [-0.39, 0.29) is 5.91 Å². The summed E-state index contributed by atoms with van der Waals surface area (Å²) in [7, 11) is 1.64. The van der Waals surface area contributed by atoms with Crippen LogP contribution in [-0.4, -0.2) is 29.8 Å². The molecule has 6 nitrogen and oxygen atoms in total. The molecule has 3 rings (SSSR count). The lowest BCUT2D eigenvalue weighted by Gasteiger charge is -2.05. The van der Waals surface area contributed by atoms with E-state index in [1.165, 1.54) is 0 Å². The van der Waals surface area contributed by atoms with Gasteiger partial charge in [-0.1, -0.05) is 30.3 Å². The Hall–Kier alpha value is -3.15. The Bertz CT molecular complexity index is 888. The van der Waals surface area contributed by atoms with E-state index in [1.807, 2.05) is 55.5 Å². The minimum absolute atomic E-state index is 0.0286. The molecule has 0 fully saturated rings. The van der Waals surface area contributed by atoms with Gasteiger partial charge in [-0.3, -0.25) is 4.79 Å². The zero-order valence-electron chi connectivity index (χ0n) is 15.6. The summed E-state index contributed by atoms with van der Waals surface area (Å²) in [4.78, 5) is 12.0. The van der Waals surface area contributed by atoms with E-state index in [4.69, 9.17) is 9.15 Å². The van der Waals surface area contributed by atoms with Gasteiger partial charge in [-0.15, -0.1) is 10.2 Å². The van der Waals surface area contributed by atoms with Gasteiger partial charge in [-0.2, -0.15) is 0 Å². The monoisotopic (exact) mass is 365 g/mol. The quantitative estimate of drug-likeness (QED) is 0.662. The molecule has 1 N–H and O–H groups in total. The number of carbonyl (C=O) groups excluding carboxylic acids is 1. The third kappa shape index (κ3) is 5.17. The van der Waals surface area contributed by atoms with Gasteiger partial charge in [-0.25, -0.2) is 0 Å². The second-order valence-electron chi connectivity index (χ2n) is 6.26. The van der Waals surface area contributed by atoms with Gasteiger partial charge in [-0.05, 0) is 42.7 Å². The van der Waals surface area contributed by atoms with Crippen LogP contribution in [0.2, 0.25) is 0 Å². The zero-order valence-corrected chi connectivity index (χ0v) is 15.6. The third-order valence-corrected chi connectivity index (χ3v) is 4.30. The molecule has 0 unspecified atom stereocenters. The van der Waals surface area contributed by atoms with Gasteiger partial charge in [0.15, 0.2) is 0 Å². The van der Waals surface area contributed by atoms with Crippen LogP contribution in [0.3, 0.4) is 0 Å². The summed E-state index contributed by atoms with van der Waals surface area (Å²) in [6.45, 7) is 2.58. The van der Waals surface area contributed by atoms with Crippen LogP contribution in [-0.2, 0) is 17.6 Å². The summed E-state index contributed by atoms with van der Waals surface area (Å²) in [6, 6.07) is 15.7. The topological polar surface area (TPSA) is 77.2 Å². The Morgan fingerprint density at radius 2 is 1.85 bits per heavy atom. The van der Waals surface area contributed by atoms with Crippen molar-refractivity contribution in [3.63, 3.8) is 0 Å². The van der Waals surface area contributed by atoms with Crippen molar-refractivity contribution in [2.45, 2.75) is 26.2 Å². The van der Waals surface area contributed by atoms with E-state index in [9.17, 15) is 4.79 Å². The normalized spacial score (nSPS) is 10.6. The van der Waals surface area contributed by atoms with E-state index in [1.54, 1.807) is 7.11 Å². The van der Waals surface area contributed by atoms with Crippen LogP contribution in [0.4, 0.5) is 0 Å². The fourth-order valence-electron chi connectivity index (χ4n) is 2.72. The molecule has 0 saturated heterocycles. The van der Waals surface area contributed by atoms with E-state index < -0.39 is 0 Å². The van der Waals surface area contributed by atoms with Crippen molar-refractivity contribution in [2.24, 2.45) is 0 Å². The standard InChI is InChI=1S/C21H23N3O3/c1-15-5-3-4-6-18(15)21-24-23-20(27-21)12-11-19(25)22-14-13-16-7-9-17(26-2)10-8-16/h3-10H,11-14H2,1-2H3,(H,22,25). The molecule has 140 valence electrons. The van der Waals surface area contributed by atoms with Gasteiger partial charge in [0.2, 0.25) is 17.7 Å². The summed E-state index contributed by atoms with van der Waals surface area (Å²) < 4.78 is 10.8. The SMILES string of the molecule is COc1ccc(CCNC(=O)CCc2nnc(-c3ccccc3C)o2)cc1. The van der Waals surface area contributed by atoms with Gasteiger partial charge in [0.25, 0.3) is 0 Å². The Balaban J connectivity index is 1.43. The molecule has 0 atom stereocenters. The molecule has 2 aromatic carbocycles. The number of nitrogens with zero attached hydrogens (tertiary/aromatic N) is 2. The number of aryl methyl sites for hydroxylation is 2. The molecule has 1 amide bonds. The molecule has 1 aromatic heterocycles. The van der Waals surface area contributed by atoms with Gasteiger partial charge in [0.1, 0.15) is 5.75 Å². The minimum atomic E-state index is -0.0286. The maximum atomic E-state index is 12.0. The van der Waals surface area contributed by atoms with Gasteiger partial charge < -0.3 is 14.5 Å². The maximum Gasteiger partial charge on any atom is 0.247 e. The van der Waals surface area contributed by atoms with Gasteiger partial charge >= 0.3 is 0 Å². The van der Waals surface area contributed by atoms with E-state index in [0.29, 0.717) is 31.2 Å². The number of amides is 1. The molecule has 0 spiro atoms. The number of ether oxygens (including phenoxy) is 1. The molecule has 27 heavy (non-hydrogen) atoms. The molecule has 1 heterocycles. The van der Waals surface area contributed by atoms with Crippen molar-refractivity contribution >= 4 is 5.91 Å². The smallest absolute Gasteiger partial charge is 0.247 e. The fraction of sp³-hybridized carbons (Fsp3) is 0.286. The predicted molar refractivity (Wildman–Crippen MR) is 102 cm³/mol. The summed E-state index contributed by atoms with van der Waals surface area (Å²) in [5.41, 5.74) is 3.14. The van der Waals surface area contributed by atoms with Crippen molar-refractivity contribution in [1.82, 2.24) is 15.5 Å². The van der Waals surface area contributed by atoms with Crippen LogP contribution in [0.15, 0.2) is 52.9 Å². The van der Waals surface area contributed by atoms with Crippen LogP contribution in [0.5, 0.6) is 5.75 Å². The highest BCUT2D eigenvalue weighted by Gasteiger charge is 2.11. The molecule has 3 aromatic rings. The average molecular weight is 365 g/mol. The zero-order chi connectivity index (χ0) is 19.1. The predicted octanol–water partition coefficient (Wildman–Crippen LogP) is 3.35. The number of aromatic nitrogens is 2. The number of rotatable bonds is 8. The average Bonchev–Trinajstić information content (AvgIpc) is 3.16. The van der Waals surface area contributed by atoms with Crippen molar-refractivity contribution < 1.29 is 13.9 Å². The lowest BCUT2D eigenvalue weighted by Crippen LogP contribution is -2.25. The molecule has 0 saturated carbocycles. The first-order chi connectivity index (χ1) is 13.2. The van der Waals surface area contributed by atoms with Crippen LogP contribution in [0.25, 0.3) is 11.5 Å². The third-order valence-electron chi connectivity index (χ3n) is 4.30. The second kappa shape index (κ2) is 8.98. The van der Waals surface area contributed by atoms with Crippen molar-refractivity contribution in [3.05, 3.63) is 65.5 Å². The highest BCUT2D eigenvalue weighted by molar-refractivity contribution is 5.76. The molecule has 0 radical (unpaired) electrons. The van der Waals surface area contributed by atoms with Gasteiger partial charge in [0.05, 0.1) is 7.11 Å². The molecular formula is C21H23N3O3. The summed E-state index contributed by atoms with van der Waals surface area (Å²) in [5.74, 6) is 1.76. The van der Waals surface area contributed by atoms with E-state index in [0.717, 1.165) is 28.9 Å². The van der Waals surface area contributed by atoms with Crippen LogP contribution in [0.1, 0.15) is 23.4 Å².